The Morgan fingerprint density at radius 3 is 2.61 bits per heavy atom. The summed E-state index contributed by atoms with van der Waals surface area (Å²) in [6.07, 6.45) is 12.7. The van der Waals surface area contributed by atoms with Crippen LogP contribution in [-0.2, 0) is 23.7 Å². The predicted molar refractivity (Wildman–Crippen MR) is 138 cm³/mol. The zero-order valence-corrected chi connectivity index (χ0v) is 22.4. The monoisotopic (exact) mass is 526 g/mol. The molecule has 0 aromatic heterocycles. The summed E-state index contributed by atoms with van der Waals surface area (Å²) in [6.45, 7) is 11.4. The van der Waals surface area contributed by atoms with Gasteiger partial charge in [0, 0.05) is 17.9 Å². The maximum atomic E-state index is 13.5. The van der Waals surface area contributed by atoms with Crippen molar-refractivity contribution in [2.75, 3.05) is 6.61 Å². The molecule has 2 saturated carbocycles. The first-order valence-electron chi connectivity index (χ1n) is 13.7. The summed E-state index contributed by atoms with van der Waals surface area (Å²) in [7, 11) is 0. The second-order valence-corrected chi connectivity index (χ2v) is 12.0. The molecule has 8 heteroatoms. The van der Waals surface area contributed by atoms with Gasteiger partial charge in [0.05, 0.1) is 12.2 Å². The number of carbonyl (C=O) groups is 1. The van der Waals surface area contributed by atoms with Gasteiger partial charge in [0.25, 0.3) is 0 Å². The molecule has 3 saturated heterocycles. The molecular weight excluding hydrogens is 488 g/mol. The van der Waals surface area contributed by atoms with E-state index in [-0.39, 0.29) is 5.92 Å². The van der Waals surface area contributed by atoms with Crippen LogP contribution in [0.1, 0.15) is 47.0 Å². The maximum Gasteiger partial charge on any atom is 0.306 e. The summed E-state index contributed by atoms with van der Waals surface area (Å²) in [5.41, 5.74) is -4.72. The number of ketones is 1. The molecule has 3 aliphatic carbocycles. The van der Waals surface area contributed by atoms with Crippen molar-refractivity contribution in [3.8, 4) is 0 Å². The van der Waals surface area contributed by atoms with Crippen molar-refractivity contribution < 1.29 is 39.1 Å². The van der Waals surface area contributed by atoms with Gasteiger partial charge < -0.3 is 34.3 Å². The predicted octanol–water partition coefficient (Wildman–Crippen LogP) is 2.64. The fraction of sp³-hybridized carbons (Fsp3) is 0.633. The summed E-state index contributed by atoms with van der Waals surface area (Å²) in [4.78, 5) is 13.5. The number of aliphatic hydroxyl groups excluding tert-OH is 2. The van der Waals surface area contributed by atoms with Crippen molar-refractivity contribution >= 4 is 5.78 Å². The number of unbranched alkanes of at least 4 members (excludes halogenated alkanes) is 1. The number of ether oxygens (including phenoxy) is 4. The molecule has 0 radical (unpaired) electrons. The van der Waals surface area contributed by atoms with Crippen LogP contribution in [0, 0.1) is 17.8 Å². The first-order valence-corrected chi connectivity index (χ1v) is 13.7. The van der Waals surface area contributed by atoms with Gasteiger partial charge >= 0.3 is 5.97 Å². The zero-order chi connectivity index (χ0) is 27.3. The van der Waals surface area contributed by atoms with E-state index in [0.29, 0.717) is 12.0 Å². The minimum Gasteiger partial charge on any atom is -0.393 e. The van der Waals surface area contributed by atoms with Crippen molar-refractivity contribution in [3.05, 3.63) is 60.3 Å². The molecule has 3 N–H and O–H groups in total. The van der Waals surface area contributed by atoms with E-state index in [1.165, 1.54) is 0 Å². The van der Waals surface area contributed by atoms with E-state index in [0.717, 1.165) is 18.4 Å². The largest absolute Gasteiger partial charge is 0.393 e. The number of rotatable bonds is 7. The lowest BCUT2D eigenvalue weighted by atomic mass is 9.54. The first kappa shape index (κ1) is 26.3. The molecule has 3 heterocycles. The van der Waals surface area contributed by atoms with E-state index in [2.05, 4.69) is 19.6 Å². The summed E-state index contributed by atoms with van der Waals surface area (Å²) < 4.78 is 26.3. The van der Waals surface area contributed by atoms with Crippen LogP contribution in [-0.4, -0.2) is 74.4 Å². The molecule has 11 unspecified atom stereocenters. The number of allylic oxidation sites excluding steroid dienone is 5. The van der Waals surface area contributed by atoms with E-state index in [1.807, 2.05) is 32.1 Å². The average molecular weight is 527 g/mol. The Morgan fingerprint density at radius 2 is 1.92 bits per heavy atom. The molecule has 11 atom stereocenters. The lowest BCUT2D eigenvalue weighted by Gasteiger charge is -2.59. The quantitative estimate of drug-likeness (QED) is 0.263. The molecule has 6 rings (SSSR count). The minimum atomic E-state index is -2.22. The molecule has 0 aromatic rings. The molecule has 6 aliphatic rings. The number of hydrogen-bond donors (Lipinski definition) is 3. The number of fused-ring (bicyclic) bond motifs is 3. The van der Waals surface area contributed by atoms with E-state index in [4.69, 9.17) is 18.9 Å². The van der Waals surface area contributed by atoms with Crippen LogP contribution >= 0.6 is 0 Å². The third kappa shape index (κ3) is 2.97. The Kier molecular flexibility index (Phi) is 5.75. The molecule has 0 aromatic carbocycles. The van der Waals surface area contributed by atoms with Crippen LogP contribution in [0.4, 0.5) is 0 Å². The van der Waals surface area contributed by atoms with E-state index in [9.17, 15) is 20.1 Å². The van der Waals surface area contributed by atoms with E-state index < -0.39 is 70.9 Å². The summed E-state index contributed by atoms with van der Waals surface area (Å²) in [6, 6.07) is 0. The fourth-order valence-electron chi connectivity index (χ4n) is 8.06. The Bertz CT molecular complexity index is 1190. The number of hydrogen-bond acceptors (Lipinski definition) is 8. The van der Waals surface area contributed by atoms with Crippen molar-refractivity contribution in [1.82, 2.24) is 0 Å². The smallest absolute Gasteiger partial charge is 0.306 e. The topological polar surface area (TPSA) is 118 Å². The van der Waals surface area contributed by atoms with Gasteiger partial charge in [-0.15, -0.1) is 0 Å². The fourth-order valence-corrected chi connectivity index (χ4v) is 8.06. The van der Waals surface area contributed by atoms with Crippen LogP contribution in [0.15, 0.2) is 60.3 Å². The highest BCUT2D eigenvalue weighted by Crippen LogP contribution is 2.72. The lowest BCUT2D eigenvalue weighted by molar-refractivity contribution is -0.406. The molecule has 0 spiro atoms. The van der Waals surface area contributed by atoms with Gasteiger partial charge in [0.15, 0.2) is 11.4 Å². The SMILES string of the molecule is C=C(C)C12CC(C)C34OC(C=CC=CC=CCCC)(OC1C3C1OC1(CO)C(O)C1(O)C(=O)C(C)=CC14)O2. The van der Waals surface area contributed by atoms with Gasteiger partial charge in [0.1, 0.15) is 29.5 Å². The van der Waals surface area contributed by atoms with Gasteiger partial charge in [-0.1, -0.05) is 63.3 Å². The van der Waals surface area contributed by atoms with Crippen molar-refractivity contribution in [2.45, 2.75) is 93.6 Å². The van der Waals surface area contributed by atoms with Crippen LogP contribution < -0.4 is 0 Å². The molecule has 8 nitrogen and oxygen atoms in total. The summed E-state index contributed by atoms with van der Waals surface area (Å²) >= 11 is 0. The zero-order valence-electron chi connectivity index (χ0n) is 22.4. The van der Waals surface area contributed by atoms with Gasteiger partial charge in [-0.05, 0) is 43.8 Å². The number of Topliss-reactive ketones (excluding diaryl/α,β-unsaturated/α-hetero) is 1. The highest BCUT2D eigenvalue weighted by molar-refractivity contribution is 6.05. The van der Waals surface area contributed by atoms with Gasteiger partial charge in [-0.25, -0.2) is 0 Å². The molecule has 5 fully saturated rings. The van der Waals surface area contributed by atoms with Crippen LogP contribution in [0.3, 0.4) is 0 Å². The van der Waals surface area contributed by atoms with Crippen LogP contribution in [0.2, 0.25) is 0 Å². The Hall–Kier alpha value is -1.91. The summed E-state index contributed by atoms with van der Waals surface area (Å²) in [5, 5.41) is 34.0. The lowest BCUT2D eigenvalue weighted by Crippen LogP contribution is -2.72. The second-order valence-electron chi connectivity index (χ2n) is 12.0. The highest BCUT2D eigenvalue weighted by atomic mass is 16.9. The summed E-state index contributed by atoms with van der Waals surface area (Å²) in [5.74, 6) is -3.86. The highest BCUT2D eigenvalue weighted by Gasteiger charge is 2.88. The van der Waals surface area contributed by atoms with Crippen molar-refractivity contribution in [3.63, 3.8) is 0 Å². The molecule has 38 heavy (non-hydrogen) atoms. The van der Waals surface area contributed by atoms with Crippen molar-refractivity contribution in [2.24, 2.45) is 17.8 Å². The van der Waals surface area contributed by atoms with Gasteiger partial charge in [-0.2, -0.15) is 0 Å². The molecule has 0 amide bonds. The Balaban J connectivity index is 1.51. The van der Waals surface area contributed by atoms with Gasteiger partial charge in [0.2, 0.25) is 0 Å². The van der Waals surface area contributed by atoms with E-state index >= 15 is 0 Å². The van der Waals surface area contributed by atoms with E-state index in [1.54, 1.807) is 25.2 Å². The standard InChI is InChI=1S/C30H38O8/c1-6-7-8-9-10-11-12-13-28-36-23-21-24-27(16-31,35-24)25(33)29(34)20(14-18(4)22(29)32)30(21,38-28)19(5)15-26(23,37-28)17(2)3/h8-14,19-21,23-25,31,33-34H,2,6-7,15-16H2,1,3-5H3. The Morgan fingerprint density at radius 1 is 1.18 bits per heavy atom. The van der Waals surface area contributed by atoms with Crippen molar-refractivity contribution in [1.29, 1.82) is 0 Å². The minimum absolute atomic E-state index is 0.246. The number of aliphatic hydroxyl groups is 3. The Labute approximate surface area is 223 Å². The number of epoxide rings is 1. The molecule has 206 valence electrons. The maximum absolute atomic E-state index is 13.5. The average Bonchev–Trinajstić information content (AvgIpc) is 3.52. The third-order valence-electron chi connectivity index (χ3n) is 9.89. The van der Waals surface area contributed by atoms with Crippen LogP contribution in [0.25, 0.3) is 0 Å². The van der Waals surface area contributed by atoms with Crippen LogP contribution in [0.5, 0.6) is 0 Å². The van der Waals surface area contributed by atoms with Gasteiger partial charge in [-0.3, -0.25) is 4.79 Å². The molecule has 3 bridgehead atoms. The molecule has 3 aliphatic heterocycles. The first-order chi connectivity index (χ1) is 18.0. The second kappa shape index (κ2) is 8.30. The third-order valence-corrected chi connectivity index (χ3v) is 9.89. The number of carbonyl (C=O) groups excluding carboxylic acids is 1. The normalized spacial score (nSPS) is 52.4. The molecular formula is C30H38O8.